The van der Waals surface area contributed by atoms with Gasteiger partial charge in [0, 0.05) is 10.9 Å². The van der Waals surface area contributed by atoms with Gasteiger partial charge in [-0.3, -0.25) is 4.79 Å². The molecule has 0 saturated carbocycles. The molecule has 0 fully saturated rings. The molecule has 1 aromatic heterocycles. The molecule has 0 atom stereocenters. The van der Waals surface area contributed by atoms with Gasteiger partial charge in [-0.05, 0) is 26.8 Å². The number of hydrogen-bond donors (Lipinski definition) is 1. The summed E-state index contributed by atoms with van der Waals surface area (Å²) in [4.78, 5) is 27.8. The molecule has 0 bridgehead atoms. The SMILES string of the molecule is CC(C)(C)OC(=O)NCCOC(=O)Cc1csc(-c2ccccc2Cl)n1. The molecule has 0 aliphatic rings. The van der Waals surface area contributed by atoms with Crippen molar-refractivity contribution < 1.29 is 19.1 Å². The van der Waals surface area contributed by atoms with Crippen LogP contribution in [0.5, 0.6) is 0 Å². The lowest BCUT2D eigenvalue weighted by molar-refractivity contribution is -0.142. The highest BCUT2D eigenvalue weighted by atomic mass is 35.5. The van der Waals surface area contributed by atoms with Crippen molar-refractivity contribution in [3.05, 3.63) is 40.4 Å². The number of esters is 1. The second kappa shape index (κ2) is 9.00. The average Bonchev–Trinajstić information content (AvgIpc) is 2.98. The highest BCUT2D eigenvalue weighted by Crippen LogP contribution is 2.30. The standard InChI is InChI=1S/C18H21ClN2O4S/c1-18(2,3)25-17(23)20-8-9-24-15(22)10-12-11-26-16(21-12)13-6-4-5-7-14(13)19/h4-7,11H,8-10H2,1-3H3,(H,20,23). The van der Waals surface area contributed by atoms with Gasteiger partial charge in [0.15, 0.2) is 0 Å². The van der Waals surface area contributed by atoms with E-state index < -0.39 is 17.7 Å². The van der Waals surface area contributed by atoms with Gasteiger partial charge in [-0.1, -0.05) is 29.8 Å². The average molecular weight is 397 g/mol. The van der Waals surface area contributed by atoms with Crippen LogP contribution in [0, 0.1) is 0 Å². The van der Waals surface area contributed by atoms with Crippen molar-refractivity contribution in [3.8, 4) is 10.6 Å². The van der Waals surface area contributed by atoms with Gasteiger partial charge in [-0.25, -0.2) is 9.78 Å². The number of nitrogens with one attached hydrogen (secondary N) is 1. The van der Waals surface area contributed by atoms with E-state index in [4.69, 9.17) is 21.1 Å². The summed E-state index contributed by atoms with van der Waals surface area (Å²) in [5.41, 5.74) is 0.889. The Hall–Kier alpha value is -2.12. The van der Waals surface area contributed by atoms with Gasteiger partial charge in [-0.15, -0.1) is 11.3 Å². The number of aromatic nitrogens is 1. The molecule has 1 aromatic carbocycles. The molecule has 0 spiro atoms. The summed E-state index contributed by atoms with van der Waals surface area (Å²) in [5.74, 6) is -0.410. The molecule has 0 unspecified atom stereocenters. The largest absolute Gasteiger partial charge is 0.464 e. The van der Waals surface area contributed by atoms with Crippen molar-refractivity contribution in [1.82, 2.24) is 10.3 Å². The number of nitrogens with zero attached hydrogens (tertiary/aromatic N) is 1. The lowest BCUT2D eigenvalue weighted by Crippen LogP contribution is -2.34. The van der Waals surface area contributed by atoms with E-state index >= 15 is 0 Å². The van der Waals surface area contributed by atoms with Gasteiger partial charge in [0.05, 0.1) is 23.7 Å². The number of hydrogen-bond acceptors (Lipinski definition) is 6. The summed E-state index contributed by atoms with van der Waals surface area (Å²) in [6, 6.07) is 7.41. The number of ether oxygens (including phenoxy) is 2. The second-order valence-electron chi connectivity index (χ2n) is 6.45. The van der Waals surface area contributed by atoms with Crippen molar-refractivity contribution in [2.45, 2.75) is 32.8 Å². The Kier molecular flexibility index (Phi) is 6.99. The van der Waals surface area contributed by atoms with Crippen molar-refractivity contribution in [2.24, 2.45) is 0 Å². The lowest BCUT2D eigenvalue weighted by Gasteiger charge is -2.19. The van der Waals surface area contributed by atoms with Crippen molar-refractivity contribution in [1.29, 1.82) is 0 Å². The molecule has 2 rings (SSSR count). The van der Waals surface area contributed by atoms with Crippen LogP contribution < -0.4 is 5.32 Å². The molecule has 0 aliphatic heterocycles. The Bertz CT molecular complexity index is 771. The second-order valence-corrected chi connectivity index (χ2v) is 7.72. The molecule has 1 N–H and O–H groups in total. The molecule has 26 heavy (non-hydrogen) atoms. The van der Waals surface area contributed by atoms with E-state index in [1.807, 2.05) is 18.2 Å². The molecule has 2 aromatic rings. The Balaban J connectivity index is 1.75. The maximum Gasteiger partial charge on any atom is 0.407 e. The molecule has 6 nitrogen and oxygen atoms in total. The van der Waals surface area contributed by atoms with Crippen LogP contribution in [0.2, 0.25) is 5.02 Å². The summed E-state index contributed by atoms with van der Waals surface area (Å²) in [6.07, 6.45) is -0.481. The zero-order valence-corrected chi connectivity index (χ0v) is 16.4. The third kappa shape index (κ3) is 6.65. The third-order valence-electron chi connectivity index (χ3n) is 3.01. The normalized spacial score (nSPS) is 11.1. The summed E-state index contributed by atoms with van der Waals surface area (Å²) >= 11 is 7.57. The summed E-state index contributed by atoms with van der Waals surface area (Å²) in [7, 11) is 0. The van der Waals surface area contributed by atoms with E-state index in [0.717, 1.165) is 10.6 Å². The monoisotopic (exact) mass is 396 g/mol. The maximum atomic E-state index is 11.9. The van der Waals surface area contributed by atoms with Crippen LogP contribution in [0.3, 0.4) is 0 Å². The highest BCUT2D eigenvalue weighted by molar-refractivity contribution is 7.13. The van der Waals surface area contributed by atoms with Crippen molar-refractivity contribution in [3.63, 3.8) is 0 Å². The fourth-order valence-electron chi connectivity index (χ4n) is 1.98. The first-order chi connectivity index (χ1) is 12.2. The number of amides is 1. The molecule has 8 heteroatoms. The predicted molar refractivity (Wildman–Crippen MR) is 101 cm³/mol. The number of benzene rings is 1. The van der Waals surface area contributed by atoms with Crippen LogP contribution in [-0.4, -0.2) is 35.8 Å². The molecule has 140 valence electrons. The van der Waals surface area contributed by atoms with Crippen LogP contribution in [0.15, 0.2) is 29.6 Å². The molecule has 0 saturated heterocycles. The molecule has 0 radical (unpaired) electrons. The molecule has 1 heterocycles. The van der Waals surface area contributed by atoms with Gasteiger partial charge in [0.1, 0.15) is 17.2 Å². The smallest absolute Gasteiger partial charge is 0.407 e. The number of carbonyl (C=O) groups excluding carboxylic acids is 2. The lowest BCUT2D eigenvalue weighted by atomic mass is 10.2. The molecular formula is C18H21ClN2O4S. The van der Waals surface area contributed by atoms with Gasteiger partial charge >= 0.3 is 12.1 Å². The molecule has 1 amide bonds. The summed E-state index contributed by atoms with van der Waals surface area (Å²) in [5, 5.41) is 5.70. The topological polar surface area (TPSA) is 77.5 Å². The maximum absolute atomic E-state index is 11.9. The first kappa shape index (κ1) is 20.2. The Morgan fingerprint density at radius 1 is 1.27 bits per heavy atom. The summed E-state index contributed by atoms with van der Waals surface area (Å²) < 4.78 is 10.2. The van der Waals surface area contributed by atoms with E-state index in [1.165, 1.54) is 11.3 Å². The van der Waals surface area contributed by atoms with Gasteiger partial charge < -0.3 is 14.8 Å². The van der Waals surface area contributed by atoms with Crippen LogP contribution in [-0.2, 0) is 20.7 Å². The van der Waals surface area contributed by atoms with Crippen LogP contribution in [0.25, 0.3) is 10.6 Å². The van der Waals surface area contributed by atoms with Crippen molar-refractivity contribution in [2.75, 3.05) is 13.2 Å². The van der Waals surface area contributed by atoms with Gasteiger partial charge in [-0.2, -0.15) is 0 Å². The Morgan fingerprint density at radius 3 is 2.69 bits per heavy atom. The highest BCUT2D eigenvalue weighted by Gasteiger charge is 2.16. The first-order valence-corrected chi connectivity index (χ1v) is 9.32. The minimum atomic E-state index is -0.565. The number of halogens is 1. The minimum absolute atomic E-state index is 0.0629. The predicted octanol–water partition coefficient (Wildman–Crippen LogP) is 4.07. The fourth-order valence-corrected chi connectivity index (χ4v) is 3.12. The van der Waals surface area contributed by atoms with Crippen LogP contribution in [0.1, 0.15) is 26.5 Å². The van der Waals surface area contributed by atoms with Gasteiger partial charge in [0.25, 0.3) is 0 Å². The fraction of sp³-hybridized carbons (Fsp3) is 0.389. The quantitative estimate of drug-likeness (QED) is 0.588. The third-order valence-corrected chi connectivity index (χ3v) is 4.27. The van der Waals surface area contributed by atoms with Crippen molar-refractivity contribution >= 4 is 35.0 Å². The molecule has 0 aliphatic carbocycles. The number of rotatable bonds is 6. The van der Waals surface area contributed by atoms with Crippen LogP contribution >= 0.6 is 22.9 Å². The molecular weight excluding hydrogens is 376 g/mol. The van der Waals surface area contributed by atoms with E-state index in [0.29, 0.717) is 10.7 Å². The minimum Gasteiger partial charge on any atom is -0.464 e. The van der Waals surface area contributed by atoms with E-state index in [2.05, 4.69) is 10.3 Å². The van der Waals surface area contributed by atoms with E-state index in [9.17, 15) is 9.59 Å². The van der Waals surface area contributed by atoms with Crippen LogP contribution in [0.4, 0.5) is 4.79 Å². The van der Waals surface area contributed by atoms with E-state index in [1.54, 1.807) is 32.2 Å². The first-order valence-electron chi connectivity index (χ1n) is 8.06. The zero-order valence-electron chi connectivity index (χ0n) is 14.9. The zero-order chi connectivity index (χ0) is 19.2. The Labute approximate surface area is 161 Å². The Morgan fingerprint density at radius 2 is 2.00 bits per heavy atom. The van der Waals surface area contributed by atoms with E-state index in [-0.39, 0.29) is 19.6 Å². The summed E-state index contributed by atoms with van der Waals surface area (Å²) in [6.45, 7) is 5.58. The number of thiazole rings is 1. The number of carbonyl (C=O) groups is 2. The number of alkyl carbamates (subject to hydrolysis) is 1. The van der Waals surface area contributed by atoms with Gasteiger partial charge in [0.2, 0.25) is 0 Å².